The Morgan fingerprint density at radius 2 is 1.63 bits per heavy atom. The van der Waals surface area contributed by atoms with Gasteiger partial charge in [-0.25, -0.2) is 8.42 Å². The number of carbonyl (C=O) groups excluding carboxylic acids is 1. The highest BCUT2D eigenvalue weighted by Crippen LogP contribution is 2.25. The van der Waals surface area contributed by atoms with E-state index in [1.54, 1.807) is 47.4 Å². The summed E-state index contributed by atoms with van der Waals surface area (Å²) in [5.41, 5.74) is 1.62. The molecule has 1 amide bonds. The highest BCUT2D eigenvalue weighted by atomic mass is 35.5. The van der Waals surface area contributed by atoms with Crippen LogP contribution in [-0.2, 0) is 21.4 Å². The third-order valence-electron chi connectivity index (χ3n) is 5.17. The topological polar surface area (TPSA) is 60.9 Å². The van der Waals surface area contributed by atoms with Crippen molar-refractivity contribution in [2.45, 2.75) is 18.4 Å². The van der Waals surface area contributed by atoms with Gasteiger partial charge in [0.25, 0.3) is 0 Å². The predicted octanol–water partition coefficient (Wildman–Crippen LogP) is 3.27. The summed E-state index contributed by atoms with van der Waals surface area (Å²) < 4.78 is 27.9. The second-order valence-corrected chi connectivity index (χ2v) is 10.3. The minimum absolute atomic E-state index is 0.0204. The van der Waals surface area contributed by atoms with Gasteiger partial charge in [-0.2, -0.15) is 4.31 Å². The fourth-order valence-corrected chi connectivity index (χ4v) is 4.93. The average molecular weight is 470 g/mol. The SMILES string of the molecule is Cc1ccc(S(=O)(=O)N(CC(=O)N2CCN(C)CC2)Cc2ccc(Cl)c(Cl)c2)cc1. The van der Waals surface area contributed by atoms with E-state index >= 15 is 0 Å². The van der Waals surface area contributed by atoms with E-state index in [1.165, 1.54) is 4.31 Å². The van der Waals surface area contributed by atoms with Crippen LogP contribution in [0.15, 0.2) is 47.4 Å². The Kier molecular flexibility index (Phi) is 7.42. The van der Waals surface area contributed by atoms with Crippen molar-refractivity contribution < 1.29 is 13.2 Å². The summed E-state index contributed by atoms with van der Waals surface area (Å²) in [5.74, 6) is -0.209. The molecule has 0 radical (unpaired) electrons. The molecular weight excluding hydrogens is 445 g/mol. The van der Waals surface area contributed by atoms with E-state index in [0.29, 0.717) is 28.7 Å². The summed E-state index contributed by atoms with van der Waals surface area (Å²) >= 11 is 12.1. The number of nitrogens with zero attached hydrogens (tertiary/aromatic N) is 3. The van der Waals surface area contributed by atoms with Crippen LogP contribution in [0.5, 0.6) is 0 Å². The number of hydrogen-bond donors (Lipinski definition) is 0. The Hall–Kier alpha value is -1.64. The predicted molar refractivity (Wildman–Crippen MR) is 119 cm³/mol. The lowest BCUT2D eigenvalue weighted by atomic mass is 10.2. The third-order valence-corrected chi connectivity index (χ3v) is 7.71. The Balaban J connectivity index is 1.88. The van der Waals surface area contributed by atoms with E-state index in [9.17, 15) is 13.2 Å². The standard InChI is InChI=1S/C21H25Cl2N3O3S/c1-16-3-6-18(7-4-16)30(28,29)26(14-17-5-8-19(22)20(23)13-17)15-21(27)25-11-9-24(2)10-12-25/h3-8,13H,9-12,14-15H2,1-2H3. The third kappa shape index (κ3) is 5.53. The smallest absolute Gasteiger partial charge is 0.243 e. The molecular formula is C21H25Cl2N3O3S. The van der Waals surface area contributed by atoms with Gasteiger partial charge in [-0.15, -0.1) is 0 Å². The van der Waals surface area contributed by atoms with E-state index in [2.05, 4.69) is 4.90 Å². The number of sulfonamides is 1. The quantitative estimate of drug-likeness (QED) is 0.651. The van der Waals surface area contributed by atoms with Crippen molar-refractivity contribution in [3.63, 3.8) is 0 Å². The van der Waals surface area contributed by atoms with Crippen LogP contribution in [0.25, 0.3) is 0 Å². The first-order valence-electron chi connectivity index (χ1n) is 9.64. The highest BCUT2D eigenvalue weighted by Gasteiger charge is 2.29. The van der Waals surface area contributed by atoms with Crippen LogP contribution in [0.3, 0.4) is 0 Å². The molecule has 1 aliphatic rings. The average Bonchev–Trinajstić information content (AvgIpc) is 2.71. The number of aryl methyl sites for hydroxylation is 1. The lowest BCUT2D eigenvalue weighted by Crippen LogP contribution is -2.50. The molecule has 0 N–H and O–H groups in total. The van der Waals surface area contributed by atoms with E-state index < -0.39 is 10.0 Å². The molecule has 0 saturated carbocycles. The number of likely N-dealkylation sites (N-methyl/N-ethyl adjacent to an activating group) is 1. The molecule has 30 heavy (non-hydrogen) atoms. The van der Waals surface area contributed by atoms with Gasteiger partial charge in [-0.1, -0.05) is 47.0 Å². The van der Waals surface area contributed by atoms with Crippen molar-refractivity contribution in [1.82, 2.24) is 14.1 Å². The molecule has 0 spiro atoms. The van der Waals surface area contributed by atoms with Crippen molar-refractivity contribution >= 4 is 39.1 Å². The molecule has 0 unspecified atom stereocenters. The van der Waals surface area contributed by atoms with Gasteiger partial charge >= 0.3 is 0 Å². The van der Waals surface area contributed by atoms with Crippen LogP contribution in [-0.4, -0.2) is 68.2 Å². The molecule has 1 aliphatic heterocycles. The molecule has 162 valence electrons. The number of carbonyl (C=O) groups is 1. The van der Waals surface area contributed by atoms with Crippen molar-refractivity contribution in [3.05, 3.63) is 63.6 Å². The molecule has 9 heteroatoms. The van der Waals surface area contributed by atoms with Crippen LogP contribution >= 0.6 is 23.2 Å². The van der Waals surface area contributed by atoms with Gasteiger partial charge in [0.15, 0.2) is 0 Å². The summed E-state index contributed by atoms with van der Waals surface area (Å²) in [5, 5.41) is 0.731. The molecule has 0 atom stereocenters. The zero-order valence-corrected chi connectivity index (χ0v) is 19.3. The number of piperazine rings is 1. The number of benzene rings is 2. The van der Waals surface area contributed by atoms with E-state index in [4.69, 9.17) is 23.2 Å². The number of rotatable bonds is 6. The monoisotopic (exact) mass is 469 g/mol. The minimum atomic E-state index is -3.88. The van der Waals surface area contributed by atoms with Gasteiger partial charge in [0.2, 0.25) is 15.9 Å². The van der Waals surface area contributed by atoms with E-state index in [1.807, 2.05) is 14.0 Å². The Labute approximate surface area is 188 Å². The first-order chi connectivity index (χ1) is 14.2. The Bertz CT molecular complexity index is 1000. The largest absolute Gasteiger partial charge is 0.339 e. The zero-order valence-electron chi connectivity index (χ0n) is 17.0. The van der Waals surface area contributed by atoms with Gasteiger partial charge in [-0.05, 0) is 43.8 Å². The number of amides is 1. The molecule has 1 saturated heterocycles. The molecule has 1 heterocycles. The lowest BCUT2D eigenvalue weighted by Gasteiger charge is -2.33. The Morgan fingerprint density at radius 1 is 1.00 bits per heavy atom. The summed E-state index contributed by atoms with van der Waals surface area (Å²) in [7, 11) is -1.88. The number of halogens is 2. The summed E-state index contributed by atoms with van der Waals surface area (Å²) in [4.78, 5) is 16.9. The van der Waals surface area contributed by atoms with Crippen molar-refractivity contribution in [1.29, 1.82) is 0 Å². The fourth-order valence-electron chi connectivity index (χ4n) is 3.23. The maximum Gasteiger partial charge on any atom is 0.243 e. The second kappa shape index (κ2) is 9.66. The van der Waals surface area contributed by atoms with Crippen LogP contribution in [0.1, 0.15) is 11.1 Å². The maximum absolute atomic E-state index is 13.4. The summed E-state index contributed by atoms with van der Waals surface area (Å²) in [6, 6.07) is 11.6. The summed E-state index contributed by atoms with van der Waals surface area (Å²) in [6.07, 6.45) is 0. The van der Waals surface area contributed by atoms with E-state index in [-0.39, 0.29) is 23.9 Å². The van der Waals surface area contributed by atoms with Crippen LogP contribution in [0.4, 0.5) is 0 Å². The second-order valence-electron chi connectivity index (χ2n) is 7.52. The molecule has 6 nitrogen and oxygen atoms in total. The lowest BCUT2D eigenvalue weighted by molar-refractivity contribution is -0.133. The molecule has 0 bridgehead atoms. The Morgan fingerprint density at radius 3 is 2.23 bits per heavy atom. The molecule has 1 fully saturated rings. The molecule has 2 aromatic rings. The minimum Gasteiger partial charge on any atom is -0.339 e. The summed E-state index contributed by atoms with van der Waals surface area (Å²) in [6.45, 7) is 4.38. The van der Waals surface area contributed by atoms with Crippen molar-refractivity contribution in [2.75, 3.05) is 39.8 Å². The van der Waals surface area contributed by atoms with Gasteiger partial charge < -0.3 is 9.80 Å². The molecule has 3 rings (SSSR count). The van der Waals surface area contributed by atoms with Crippen molar-refractivity contribution in [3.8, 4) is 0 Å². The van der Waals surface area contributed by atoms with E-state index in [0.717, 1.165) is 18.7 Å². The number of hydrogen-bond acceptors (Lipinski definition) is 4. The zero-order chi connectivity index (χ0) is 21.9. The fraction of sp³-hybridized carbons (Fsp3) is 0.381. The van der Waals surface area contributed by atoms with Gasteiger partial charge in [-0.3, -0.25) is 4.79 Å². The first kappa shape index (κ1) is 23.0. The normalized spacial score (nSPS) is 15.6. The molecule has 0 aliphatic carbocycles. The molecule has 0 aromatic heterocycles. The van der Waals surface area contributed by atoms with Gasteiger partial charge in [0, 0.05) is 32.7 Å². The van der Waals surface area contributed by atoms with Crippen LogP contribution in [0.2, 0.25) is 10.0 Å². The first-order valence-corrected chi connectivity index (χ1v) is 11.8. The molecule has 2 aromatic carbocycles. The van der Waals surface area contributed by atoms with Gasteiger partial charge in [0.05, 0.1) is 21.5 Å². The van der Waals surface area contributed by atoms with Crippen molar-refractivity contribution in [2.24, 2.45) is 0 Å². The van der Waals surface area contributed by atoms with Crippen LogP contribution in [0, 0.1) is 6.92 Å². The highest BCUT2D eigenvalue weighted by molar-refractivity contribution is 7.89. The maximum atomic E-state index is 13.4. The van der Waals surface area contributed by atoms with Crippen LogP contribution < -0.4 is 0 Å². The van der Waals surface area contributed by atoms with Gasteiger partial charge in [0.1, 0.15) is 0 Å².